The van der Waals surface area contributed by atoms with Crippen LogP contribution in [-0.2, 0) is 0 Å². The smallest absolute Gasteiger partial charge is 0.165 e. The van der Waals surface area contributed by atoms with Crippen LogP contribution in [0.3, 0.4) is 0 Å². The van der Waals surface area contributed by atoms with E-state index >= 15 is 0 Å². The molecular weight excluding hydrogens is 254 g/mol. The molecule has 0 heterocycles. The Labute approximate surface area is 120 Å². The average molecular weight is 277 g/mol. The molecule has 0 aliphatic heterocycles. The first kappa shape index (κ1) is 14.9. The Kier molecular flexibility index (Phi) is 5.01. The highest BCUT2D eigenvalue weighted by atomic mass is 16.5. The first-order valence-electron chi connectivity index (χ1n) is 7.24. The van der Waals surface area contributed by atoms with Crippen LogP contribution in [0.25, 0.3) is 0 Å². The summed E-state index contributed by atoms with van der Waals surface area (Å²) in [6, 6.07) is 6.08. The molecule has 0 atom stereocenters. The fourth-order valence-electron chi connectivity index (χ4n) is 3.11. The summed E-state index contributed by atoms with van der Waals surface area (Å²) in [4.78, 5) is 14.2. The summed E-state index contributed by atoms with van der Waals surface area (Å²) in [7, 11) is 1.58. The van der Waals surface area contributed by atoms with E-state index in [1.807, 2.05) is 18.2 Å². The van der Waals surface area contributed by atoms with Gasteiger partial charge < -0.3 is 14.7 Å². The number of anilines is 1. The maximum absolute atomic E-state index is 12.0. The first-order valence-corrected chi connectivity index (χ1v) is 7.24. The molecule has 1 aliphatic carbocycles. The van der Waals surface area contributed by atoms with E-state index in [9.17, 15) is 9.90 Å². The predicted molar refractivity (Wildman–Crippen MR) is 79.7 cm³/mol. The summed E-state index contributed by atoms with van der Waals surface area (Å²) < 4.78 is 5.33. The number of Topliss-reactive ketones (excluding diaryl/α,β-unsaturated/α-hetero) is 1. The summed E-state index contributed by atoms with van der Waals surface area (Å²) in [6.07, 6.45) is 4.67. The van der Waals surface area contributed by atoms with Gasteiger partial charge in [-0.25, -0.2) is 0 Å². The van der Waals surface area contributed by atoms with Crippen molar-refractivity contribution in [3.8, 4) is 5.75 Å². The highest BCUT2D eigenvalue weighted by molar-refractivity contribution is 6.02. The van der Waals surface area contributed by atoms with Crippen molar-refractivity contribution in [2.24, 2.45) is 0 Å². The van der Waals surface area contributed by atoms with Gasteiger partial charge >= 0.3 is 0 Å². The lowest BCUT2D eigenvalue weighted by Gasteiger charge is -2.32. The Hall–Kier alpha value is -1.55. The number of aliphatic hydroxyl groups excluding tert-OH is 1. The molecule has 0 saturated heterocycles. The fourth-order valence-corrected chi connectivity index (χ4v) is 3.11. The molecule has 1 aliphatic rings. The zero-order valence-corrected chi connectivity index (χ0v) is 12.3. The highest BCUT2D eigenvalue weighted by Gasteiger charge is 2.26. The summed E-state index contributed by atoms with van der Waals surface area (Å²) in [5.41, 5.74) is 1.51. The van der Waals surface area contributed by atoms with Crippen molar-refractivity contribution in [1.82, 2.24) is 0 Å². The van der Waals surface area contributed by atoms with E-state index in [0.717, 1.165) is 18.5 Å². The number of aliphatic hydroxyl groups is 1. The van der Waals surface area contributed by atoms with Crippen LogP contribution >= 0.6 is 0 Å². The first-order chi connectivity index (χ1) is 9.69. The monoisotopic (exact) mass is 277 g/mol. The molecule has 1 fully saturated rings. The van der Waals surface area contributed by atoms with Crippen molar-refractivity contribution in [2.45, 2.75) is 38.6 Å². The average Bonchev–Trinajstić information content (AvgIpc) is 2.97. The predicted octanol–water partition coefficient (Wildman–Crippen LogP) is 2.64. The second kappa shape index (κ2) is 6.75. The summed E-state index contributed by atoms with van der Waals surface area (Å²) in [6.45, 7) is 2.20. The molecule has 0 bridgehead atoms. The van der Waals surface area contributed by atoms with Crippen LogP contribution in [0, 0.1) is 0 Å². The number of methoxy groups -OCH3 is 1. The molecule has 20 heavy (non-hydrogen) atoms. The summed E-state index contributed by atoms with van der Waals surface area (Å²) in [5, 5.41) is 9.36. The molecule has 1 saturated carbocycles. The molecule has 2 rings (SSSR count). The maximum atomic E-state index is 12.0. The van der Waals surface area contributed by atoms with Crippen molar-refractivity contribution in [1.29, 1.82) is 0 Å². The highest BCUT2D eigenvalue weighted by Crippen LogP contribution is 2.34. The molecule has 0 aromatic heterocycles. The number of ether oxygens (including phenoxy) is 1. The van der Waals surface area contributed by atoms with Crippen LogP contribution < -0.4 is 9.64 Å². The molecular formula is C16H23NO3. The van der Waals surface area contributed by atoms with Gasteiger partial charge in [0.1, 0.15) is 5.75 Å². The number of rotatable bonds is 6. The topological polar surface area (TPSA) is 49.8 Å². The van der Waals surface area contributed by atoms with Gasteiger partial charge in [0.15, 0.2) is 5.78 Å². The van der Waals surface area contributed by atoms with E-state index in [1.54, 1.807) is 14.0 Å². The third kappa shape index (κ3) is 2.96. The Balaban J connectivity index is 2.43. The van der Waals surface area contributed by atoms with E-state index in [2.05, 4.69) is 4.90 Å². The Morgan fingerprint density at radius 3 is 2.65 bits per heavy atom. The Morgan fingerprint density at radius 2 is 2.10 bits per heavy atom. The number of benzene rings is 1. The van der Waals surface area contributed by atoms with Crippen molar-refractivity contribution < 1.29 is 14.6 Å². The van der Waals surface area contributed by atoms with Crippen molar-refractivity contribution in [3.63, 3.8) is 0 Å². The third-order valence-electron chi connectivity index (χ3n) is 3.99. The van der Waals surface area contributed by atoms with Gasteiger partial charge in [0.05, 0.1) is 25.0 Å². The molecule has 4 heteroatoms. The molecule has 0 amide bonds. The van der Waals surface area contributed by atoms with Crippen LogP contribution in [-0.4, -0.2) is 37.2 Å². The summed E-state index contributed by atoms with van der Waals surface area (Å²) >= 11 is 0. The number of ketones is 1. The molecule has 0 radical (unpaired) electrons. The van der Waals surface area contributed by atoms with E-state index < -0.39 is 0 Å². The van der Waals surface area contributed by atoms with E-state index in [-0.39, 0.29) is 12.4 Å². The lowest BCUT2D eigenvalue weighted by molar-refractivity contribution is 0.101. The van der Waals surface area contributed by atoms with Gasteiger partial charge in [0, 0.05) is 12.6 Å². The molecule has 1 aromatic rings. The Morgan fingerprint density at radius 1 is 1.40 bits per heavy atom. The van der Waals surface area contributed by atoms with Gasteiger partial charge in [0.2, 0.25) is 0 Å². The van der Waals surface area contributed by atoms with Crippen LogP contribution in [0.1, 0.15) is 43.0 Å². The van der Waals surface area contributed by atoms with E-state index in [1.165, 1.54) is 12.8 Å². The zero-order chi connectivity index (χ0) is 14.5. The number of carbonyl (C=O) groups is 1. The summed E-state index contributed by atoms with van der Waals surface area (Å²) in [5.74, 6) is 0.606. The normalized spacial score (nSPS) is 15.3. The van der Waals surface area contributed by atoms with Crippen molar-refractivity contribution in [3.05, 3.63) is 23.8 Å². The third-order valence-corrected chi connectivity index (χ3v) is 3.99. The van der Waals surface area contributed by atoms with Gasteiger partial charge in [-0.15, -0.1) is 0 Å². The van der Waals surface area contributed by atoms with Crippen LogP contribution in [0.15, 0.2) is 18.2 Å². The zero-order valence-electron chi connectivity index (χ0n) is 12.3. The van der Waals surface area contributed by atoms with Gasteiger partial charge in [-0.05, 0) is 31.9 Å². The molecule has 0 unspecified atom stereocenters. The second-order valence-electron chi connectivity index (χ2n) is 5.27. The number of hydrogen-bond acceptors (Lipinski definition) is 4. The lowest BCUT2D eigenvalue weighted by atomic mass is 10.0. The minimum absolute atomic E-state index is 0.00149. The maximum Gasteiger partial charge on any atom is 0.165 e. The number of hydrogen-bond donors (Lipinski definition) is 1. The van der Waals surface area contributed by atoms with Crippen LogP contribution in [0.2, 0.25) is 0 Å². The van der Waals surface area contributed by atoms with Crippen LogP contribution in [0.4, 0.5) is 5.69 Å². The SMILES string of the molecule is COc1cccc(N(CCO)C2CCCC2)c1C(C)=O. The molecule has 1 aromatic carbocycles. The lowest BCUT2D eigenvalue weighted by Crippen LogP contribution is -2.36. The quantitative estimate of drug-likeness (QED) is 0.812. The minimum atomic E-state index is -0.00149. The van der Waals surface area contributed by atoms with Gasteiger partial charge in [-0.1, -0.05) is 18.9 Å². The van der Waals surface area contributed by atoms with Crippen molar-refractivity contribution >= 4 is 11.5 Å². The molecule has 110 valence electrons. The standard InChI is InChI=1S/C16H23NO3/c1-12(19)16-14(8-5-9-15(16)20-2)17(10-11-18)13-6-3-4-7-13/h5,8-9,13,18H,3-4,6-7,10-11H2,1-2H3. The van der Waals surface area contributed by atoms with Gasteiger partial charge in [-0.3, -0.25) is 4.79 Å². The molecule has 4 nitrogen and oxygen atoms in total. The molecule has 1 N–H and O–H groups in total. The van der Waals surface area contributed by atoms with E-state index in [0.29, 0.717) is 23.9 Å². The largest absolute Gasteiger partial charge is 0.496 e. The minimum Gasteiger partial charge on any atom is -0.496 e. The number of carbonyl (C=O) groups excluding carboxylic acids is 1. The molecule has 0 spiro atoms. The Bertz CT molecular complexity index is 467. The van der Waals surface area contributed by atoms with Crippen LogP contribution in [0.5, 0.6) is 5.75 Å². The van der Waals surface area contributed by atoms with Gasteiger partial charge in [-0.2, -0.15) is 0 Å². The van der Waals surface area contributed by atoms with E-state index in [4.69, 9.17) is 4.74 Å². The van der Waals surface area contributed by atoms with Crippen molar-refractivity contribution in [2.75, 3.05) is 25.2 Å². The van der Waals surface area contributed by atoms with Gasteiger partial charge in [0.25, 0.3) is 0 Å². The number of nitrogens with zero attached hydrogens (tertiary/aromatic N) is 1. The fraction of sp³-hybridized carbons (Fsp3) is 0.562. The second-order valence-corrected chi connectivity index (χ2v) is 5.27.